The topological polar surface area (TPSA) is 3.24 Å². The summed E-state index contributed by atoms with van der Waals surface area (Å²) in [5.41, 5.74) is 0. The fourth-order valence-electron chi connectivity index (χ4n) is 6.09. The van der Waals surface area contributed by atoms with Gasteiger partial charge in [0.05, 0.1) is 0 Å². The Kier molecular flexibility index (Phi) is 7.26. The zero-order valence-corrected chi connectivity index (χ0v) is 22.2. The van der Waals surface area contributed by atoms with E-state index in [9.17, 15) is 0 Å². The molecule has 0 bridgehead atoms. The molecule has 0 aromatic heterocycles. The van der Waals surface area contributed by atoms with Crippen LogP contribution in [0.5, 0.6) is 0 Å². The van der Waals surface area contributed by atoms with Gasteiger partial charge in [0.1, 0.15) is 0 Å². The van der Waals surface area contributed by atoms with Crippen LogP contribution in [0.2, 0.25) is 0 Å². The van der Waals surface area contributed by atoms with Crippen molar-refractivity contribution in [2.75, 3.05) is 12.4 Å². The van der Waals surface area contributed by atoms with Crippen molar-refractivity contribution in [1.29, 1.82) is 0 Å². The first kappa shape index (κ1) is 23.4. The van der Waals surface area contributed by atoms with Gasteiger partial charge in [0.25, 0.3) is 0 Å². The van der Waals surface area contributed by atoms with Crippen molar-refractivity contribution in [3.05, 3.63) is 121 Å². The van der Waals surface area contributed by atoms with Crippen LogP contribution in [0.4, 0.5) is 0 Å². The molecule has 0 N–H and O–H groups in total. The molecule has 4 aromatic carbocycles. The van der Waals surface area contributed by atoms with Crippen LogP contribution in [0.3, 0.4) is 0 Å². The molecule has 5 rings (SSSR count). The molecule has 1 saturated heterocycles. The third-order valence-electron chi connectivity index (χ3n) is 7.67. The molecule has 4 aromatic rings. The molecule has 0 unspecified atom stereocenters. The summed E-state index contributed by atoms with van der Waals surface area (Å²) in [6, 6.07) is 45.9. The van der Waals surface area contributed by atoms with Crippen molar-refractivity contribution >= 4 is 36.0 Å². The standard InChI is InChI=1S/C31H37NP2/c1-2-3-4-17-26-32-33(28-18-9-5-10-19-28,29-20-11-6-12-21-29)27-34(32,30-22-13-7-14-23-30)31-24-15-8-16-25-31/h5-16,18-25,33-34H,2-4,17,26-27H2,1H3. The van der Waals surface area contributed by atoms with E-state index in [1.807, 2.05) is 0 Å². The normalized spacial score (nSPS) is 18.5. The van der Waals surface area contributed by atoms with Crippen LogP contribution in [-0.4, -0.2) is 16.9 Å². The van der Waals surface area contributed by atoms with E-state index in [0.29, 0.717) is 0 Å². The minimum absolute atomic E-state index is 1.19. The van der Waals surface area contributed by atoms with E-state index >= 15 is 0 Å². The molecule has 1 nitrogen and oxygen atoms in total. The quantitative estimate of drug-likeness (QED) is 0.194. The average molecular weight is 486 g/mol. The van der Waals surface area contributed by atoms with Crippen molar-refractivity contribution in [3.8, 4) is 0 Å². The van der Waals surface area contributed by atoms with Gasteiger partial charge >= 0.3 is 207 Å². The van der Waals surface area contributed by atoms with Gasteiger partial charge in [-0.3, -0.25) is 0 Å². The number of unbranched alkanes of at least 4 members (excludes halogenated alkanes) is 3. The van der Waals surface area contributed by atoms with Crippen molar-refractivity contribution in [2.24, 2.45) is 0 Å². The third-order valence-corrected chi connectivity index (χ3v) is 21.5. The van der Waals surface area contributed by atoms with Crippen LogP contribution < -0.4 is 21.2 Å². The van der Waals surface area contributed by atoms with Gasteiger partial charge in [-0.25, -0.2) is 0 Å². The SMILES string of the molecule is CCCCCCN1[PH](c2ccccc2)(c2ccccc2)C[PH]1(c1ccccc1)c1ccccc1. The zero-order valence-electron chi connectivity index (χ0n) is 20.2. The van der Waals surface area contributed by atoms with Crippen LogP contribution in [0.15, 0.2) is 121 Å². The van der Waals surface area contributed by atoms with Crippen LogP contribution >= 0.6 is 14.8 Å². The fourth-order valence-corrected chi connectivity index (χ4v) is 23.2. The first-order valence-corrected chi connectivity index (χ1v) is 17.1. The van der Waals surface area contributed by atoms with Gasteiger partial charge in [0.15, 0.2) is 0 Å². The minimum atomic E-state index is -2.09. The molecular weight excluding hydrogens is 448 g/mol. The van der Waals surface area contributed by atoms with E-state index in [2.05, 4.69) is 133 Å². The summed E-state index contributed by atoms with van der Waals surface area (Å²) in [5, 5.41) is 6.25. The van der Waals surface area contributed by atoms with Crippen LogP contribution in [0.1, 0.15) is 32.6 Å². The van der Waals surface area contributed by atoms with E-state index in [4.69, 9.17) is 0 Å². The second kappa shape index (κ2) is 10.5. The Balaban J connectivity index is 1.71. The van der Waals surface area contributed by atoms with Crippen LogP contribution in [-0.2, 0) is 0 Å². The van der Waals surface area contributed by atoms with Gasteiger partial charge in [-0.2, -0.15) is 0 Å². The summed E-state index contributed by atoms with van der Waals surface area (Å²) in [4.78, 5) is 0. The van der Waals surface area contributed by atoms with Crippen molar-refractivity contribution in [3.63, 3.8) is 0 Å². The second-order valence-corrected chi connectivity index (χ2v) is 18.3. The summed E-state index contributed by atoms with van der Waals surface area (Å²) >= 11 is 0. The zero-order chi connectivity index (χ0) is 23.3. The molecule has 0 aliphatic carbocycles. The summed E-state index contributed by atoms with van der Waals surface area (Å²) in [6.07, 6.45) is 5.19. The predicted octanol–water partition coefficient (Wildman–Crippen LogP) is 6.47. The third kappa shape index (κ3) is 4.05. The summed E-state index contributed by atoms with van der Waals surface area (Å²) < 4.78 is 3.10. The Labute approximate surface area is 206 Å². The molecule has 0 radical (unpaired) electrons. The molecule has 1 heterocycles. The molecule has 1 aliphatic rings. The van der Waals surface area contributed by atoms with Gasteiger partial charge in [0.2, 0.25) is 0 Å². The van der Waals surface area contributed by atoms with Crippen molar-refractivity contribution < 1.29 is 0 Å². The van der Waals surface area contributed by atoms with Gasteiger partial charge in [0, 0.05) is 0 Å². The number of rotatable bonds is 9. The first-order valence-electron chi connectivity index (χ1n) is 12.8. The Bertz CT molecular complexity index is 995. The number of hydrogen-bond donors (Lipinski definition) is 0. The van der Waals surface area contributed by atoms with Crippen LogP contribution in [0, 0.1) is 0 Å². The summed E-state index contributed by atoms with van der Waals surface area (Å²) in [6.45, 7) is 3.50. The molecule has 176 valence electrons. The molecule has 0 amide bonds. The maximum absolute atomic E-state index is 3.10. The predicted molar refractivity (Wildman–Crippen MR) is 157 cm³/mol. The first-order chi connectivity index (χ1) is 16.8. The molecule has 0 atom stereocenters. The number of hydrogen-bond acceptors (Lipinski definition) is 1. The molecule has 1 aliphatic heterocycles. The molecular formula is C31H37NP2. The Hall–Kier alpha value is -2.30. The maximum atomic E-state index is 3.10. The molecule has 1 fully saturated rings. The summed E-state index contributed by atoms with van der Waals surface area (Å²) in [7, 11) is -4.18. The Morgan fingerprint density at radius 3 is 1.18 bits per heavy atom. The monoisotopic (exact) mass is 485 g/mol. The molecule has 0 spiro atoms. The van der Waals surface area contributed by atoms with Crippen molar-refractivity contribution in [1.82, 2.24) is 4.44 Å². The average Bonchev–Trinajstić information content (AvgIpc) is 2.91. The van der Waals surface area contributed by atoms with Gasteiger partial charge < -0.3 is 0 Å². The molecule has 3 heteroatoms. The number of nitrogens with zero attached hydrogens (tertiary/aromatic N) is 1. The number of benzene rings is 4. The summed E-state index contributed by atoms with van der Waals surface area (Å²) in [5.74, 6) is 1.30. The molecule has 0 saturated carbocycles. The van der Waals surface area contributed by atoms with E-state index in [1.54, 1.807) is 21.2 Å². The van der Waals surface area contributed by atoms with E-state index in [0.717, 1.165) is 0 Å². The van der Waals surface area contributed by atoms with E-state index in [-0.39, 0.29) is 0 Å². The fraction of sp³-hybridized carbons (Fsp3) is 0.226. The van der Waals surface area contributed by atoms with Gasteiger partial charge in [-0.1, -0.05) is 0 Å². The van der Waals surface area contributed by atoms with Gasteiger partial charge in [-0.15, -0.1) is 0 Å². The Morgan fingerprint density at radius 2 is 0.853 bits per heavy atom. The Morgan fingerprint density at radius 1 is 0.500 bits per heavy atom. The molecule has 34 heavy (non-hydrogen) atoms. The van der Waals surface area contributed by atoms with E-state index < -0.39 is 14.8 Å². The second-order valence-electron chi connectivity index (χ2n) is 9.57. The van der Waals surface area contributed by atoms with Crippen molar-refractivity contribution in [2.45, 2.75) is 32.6 Å². The van der Waals surface area contributed by atoms with E-state index in [1.165, 1.54) is 38.1 Å². The van der Waals surface area contributed by atoms with Gasteiger partial charge in [-0.05, 0) is 0 Å². The van der Waals surface area contributed by atoms with Crippen LogP contribution in [0.25, 0.3) is 0 Å².